The van der Waals surface area contributed by atoms with Crippen molar-refractivity contribution in [2.45, 2.75) is 6.92 Å². The number of hydrogen-bond donors (Lipinski definition) is 1. The Morgan fingerprint density at radius 2 is 2.12 bits per heavy atom. The number of halogens is 2. The zero-order valence-corrected chi connectivity index (χ0v) is 8.82. The fourth-order valence-electron chi connectivity index (χ4n) is 1.43. The summed E-state index contributed by atoms with van der Waals surface area (Å²) in [7, 11) is 0. The van der Waals surface area contributed by atoms with E-state index in [0.29, 0.717) is 0 Å². The number of carbonyl (C=O) groups is 1. The van der Waals surface area contributed by atoms with Crippen LogP contribution in [0.3, 0.4) is 0 Å². The molecule has 0 bridgehead atoms. The van der Waals surface area contributed by atoms with Gasteiger partial charge in [-0.3, -0.25) is 0 Å². The van der Waals surface area contributed by atoms with Gasteiger partial charge >= 0.3 is 5.97 Å². The molecule has 0 aliphatic heterocycles. The number of hydrogen-bond acceptors (Lipinski definition) is 2. The van der Waals surface area contributed by atoms with Crippen molar-refractivity contribution in [3.63, 3.8) is 0 Å². The lowest BCUT2D eigenvalue weighted by atomic mass is 10.2. The number of imidazole rings is 1. The van der Waals surface area contributed by atoms with E-state index in [4.69, 9.17) is 5.11 Å². The molecule has 17 heavy (non-hydrogen) atoms. The molecule has 0 saturated heterocycles. The van der Waals surface area contributed by atoms with Crippen molar-refractivity contribution < 1.29 is 18.7 Å². The van der Waals surface area contributed by atoms with Gasteiger partial charge in [-0.2, -0.15) is 0 Å². The Morgan fingerprint density at radius 1 is 1.41 bits per heavy atom. The molecule has 0 aliphatic carbocycles. The number of rotatable bonds is 2. The van der Waals surface area contributed by atoms with Crippen LogP contribution in [0.1, 0.15) is 16.1 Å². The van der Waals surface area contributed by atoms with Crippen molar-refractivity contribution in [2.24, 2.45) is 0 Å². The van der Waals surface area contributed by atoms with Gasteiger partial charge in [0.2, 0.25) is 0 Å². The van der Waals surface area contributed by atoms with Crippen molar-refractivity contribution in [1.82, 2.24) is 9.55 Å². The summed E-state index contributed by atoms with van der Waals surface area (Å²) in [5.41, 5.74) is -0.331. The summed E-state index contributed by atoms with van der Waals surface area (Å²) in [5, 5.41) is 8.67. The van der Waals surface area contributed by atoms with Crippen LogP contribution in [-0.2, 0) is 0 Å². The third kappa shape index (κ3) is 1.89. The van der Waals surface area contributed by atoms with Crippen LogP contribution in [0.25, 0.3) is 5.69 Å². The SMILES string of the molecule is Cc1ccc(F)c(-n2cnc(C(=O)O)c2)c1F. The third-order valence-corrected chi connectivity index (χ3v) is 2.32. The monoisotopic (exact) mass is 238 g/mol. The standard InChI is InChI=1S/C11H8F2N2O2/c1-6-2-3-7(12)10(9(6)13)15-4-8(11(16)17)14-5-15/h2-5H,1H3,(H,16,17). The maximum atomic E-state index is 13.7. The molecule has 2 aromatic rings. The van der Waals surface area contributed by atoms with Crippen molar-refractivity contribution in [2.75, 3.05) is 0 Å². The highest BCUT2D eigenvalue weighted by molar-refractivity contribution is 5.85. The second-order valence-corrected chi connectivity index (χ2v) is 3.50. The van der Waals surface area contributed by atoms with Crippen LogP contribution in [0.2, 0.25) is 0 Å². The Morgan fingerprint density at radius 3 is 2.71 bits per heavy atom. The highest BCUT2D eigenvalue weighted by Crippen LogP contribution is 2.20. The Bertz CT molecular complexity index is 593. The van der Waals surface area contributed by atoms with Gasteiger partial charge in [0, 0.05) is 6.20 Å². The van der Waals surface area contributed by atoms with E-state index in [0.717, 1.165) is 23.2 Å². The summed E-state index contributed by atoms with van der Waals surface area (Å²) >= 11 is 0. The largest absolute Gasteiger partial charge is 0.476 e. The normalized spacial score (nSPS) is 10.5. The molecule has 6 heteroatoms. The first kappa shape index (κ1) is 11.3. The van der Waals surface area contributed by atoms with Crippen LogP contribution in [0.4, 0.5) is 8.78 Å². The minimum absolute atomic E-state index is 0.270. The predicted octanol–water partition coefficient (Wildman–Crippen LogP) is 2.16. The van der Waals surface area contributed by atoms with Gasteiger partial charge in [-0.1, -0.05) is 6.07 Å². The Balaban J connectivity index is 2.60. The molecule has 1 aromatic carbocycles. The number of nitrogens with zero attached hydrogens (tertiary/aromatic N) is 2. The summed E-state index contributed by atoms with van der Waals surface area (Å²) in [5.74, 6) is -2.76. The maximum Gasteiger partial charge on any atom is 0.356 e. The molecule has 2 rings (SSSR count). The topological polar surface area (TPSA) is 55.1 Å². The van der Waals surface area contributed by atoms with Crippen molar-refractivity contribution in [3.8, 4) is 5.69 Å². The molecule has 0 unspecified atom stereocenters. The van der Waals surface area contributed by atoms with E-state index in [2.05, 4.69) is 4.98 Å². The second-order valence-electron chi connectivity index (χ2n) is 3.50. The maximum absolute atomic E-state index is 13.7. The van der Waals surface area contributed by atoms with Gasteiger partial charge in [-0.25, -0.2) is 18.6 Å². The van der Waals surface area contributed by atoms with Crippen LogP contribution >= 0.6 is 0 Å². The van der Waals surface area contributed by atoms with Crippen molar-refractivity contribution in [1.29, 1.82) is 0 Å². The Kier molecular flexibility index (Phi) is 2.63. The summed E-state index contributed by atoms with van der Waals surface area (Å²) in [6, 6.07) is 2.43. The van der Waals surface area contributed by atoms with Crippen LogP contribution < -0.4 is 0 Å². The van der Waals surface area contributed by atoms with Crippen LogP contribution in [0.5, 0.6) is 0 Å². The molecule has 1 aromatic heterocycles. The lowest BCUT2D eigenvalue weighted by molar-refractivity contribution is 0.0691. The second kappa shape index (κ2) is 3.97. The molecular weight excluding hydrogens is 230 g/mol. The molecule has 88 valence electrons. The van der Waals surface area contributed by atoms with Crippen molar-refractivity contribution >= 4 is 5.97 Å². The quantitative estimate of drug-likeness (QED) is 0.872. The van der Waals surface area contributed by atoms with Gasteiger partial charge in [0.1, 0.15) is 17.8 Å². The van der Waals surface area contributed by atoms with E-state index in [1.54, 1.807) is 0 Å². The summed E-state index contributed by atoms with van der Waals surface area (Å²) in [4.78, 5) is 14.2. The van der Waals surface area contributed by atoms with E-state index in [1.807, 2.05) is 0 Å². The summed E-state index contributed by atoms with van der Waals surface area (Å²) in [6.45, 7) is 1.49. The van der Waals surface area contributed by atoms with E-state index >= 15 is 0 Å². The number of aromatic nitrogens is 2. The van der Waals surface area contributed by atoms with Crippen molar-refractivity contribution in [3.05, 3.63) is 47.5 Å². The zero-order valence-electron chi connectivity index (χ0n) is 8.82. The molecule has 0 spiro atoms. The van der Waals surface area contributed by atoms with Crippen LogP contribution in [0.15, 0.2) is 24.7 Å². The zero-order chi connectivity index (χ0) is 12.6. The number of aromatic carboxylic acids is 1. The van der Waals surface area contributed by atoms with E-state index in [-0.39, 0.29) is 16.9 Å². The highest BCUT2D eigenvalue weighted by Gasteiger charge is 2.15. The van der Waals surface area contributed by atoms with Gasteiger partial charge in [-0.05, 0) is 18.6 Å². The fourth-order valence-corrected chi connectivity index (χ4v) is 1.43. The highest BCUT2D eigenvalue weighted by atomic mass is 19.1. The van der Waals surface area contributed by atoms with E-state index in [9.17, 15) is 13.6 Å². The molecule has 1 heterocycles. The number of carboxylic acids is 1. The van der Waals surface area contributed by atoms with Crippen LogP contribution in [-0.4, -0.2) is 20.6 Å². The van der Waals surface area contributed by atoms with Gasteiger partial charge in [0.25, 0.3) is 0 Å². The minimum Gasteiger partial charge on any atom is -0.476 e. The molecule has 4 nitrogen and oxygen atoms in total. The first-order valence-corrected chi connectivity index (χ1v) is 4.73. The lowest BCUT2D eigenvalue weighted by Gasteiger charge is -2.07. The number of benzene rings is 1. The molecule has 0 fully saturated rings. The fraction of sp³-hybridized carbons (Fsp3) is 0.0909. The van der Waals surface area contributed by atoms with Gasteiger partial charge < -0.3 is 9.67 Å². The lowest BCUT2D eigenvalue weighted by Crippen LogP contribution is -2.01. The molecule has 0 amide bonds. The molecule has 0 atom stereocenters. The Labute approximate surface area is 95.1 Å². The molecule has 0 saturated carbocycles. The molecule has 0 aliphatic rings. The Hall–Kier alpha value is -2.24. The molecular formula is C11H8F2N2O2. The van der Waals surface area contributed by atoms with Gasteiger partial charge in [-0.15, -0.1) is 0 Å². The van der Waals surface area contributed by atoms with Gasteiger partial charge in [0.05, 0.1) is 0 Å². The smallest absolute Gasteiger partial charge is 0.356 e. The summed E-state index contributed by atoms with van der Waals surface area (Å²) < 4.78 is 28.2. The van der Waals surface area contributed by atoms with Gasteiger partial charge in [0.15, 0.2) is 11.5 Å². The first-order chi connectivity index (χ1) is 8.00. The average molecular weight is 238 g/mol. The van der Waals surface area contributed by atoms with E-state index < -0.39 is 17.6 Å². The van der Waals surface area contributed by atoms with Crippen LogP contribution in [0, 0.1) is 18.6 Å². The predicted molar refractivity (Wildman–Crippen MR) is 55.2 cm³/mol. The summed E-state index contributed by atoms with van der Waals surface area (Å²) in [6.07, 6.45) is 2.12. The minimum atomic E-state index is -1.25. The molecule has 0 radical (unpaired) electrons. The first-order valence-electron chi connectivity index (χ1n) is 4.73. The van der Waals surface area contributed by atoms with E-state index in [1.165, 1.54) is 13.0 Å². The number of aryl methyl sites for hydroxylation is 1. The molecule has 1 N–H and O–H groups in total. The number of carboxylic acid groups (broad SMARTS) is 1. The average Bonchev–Trinajstić information content (AvgIpc) is 2.73. The third-order valence-electron chi connectivity index (χ3n) is 2.32.